The number of likely N-dealkylation sites (N-methyl/N-ethyl adjacent to an activating group) is 1. The number of morpholine rings is 1. The van der Waals surface area contributed by atoms with Crippen LogP contribution in [0.2, 0.25) is 0 Å². The van der Waals surface area contributed by atoms with Gasteiger partial charge in [0.15, 0.2) is 0 Å². The Labute approximate surface area is 330 Å². The second kappa shape index (κ2) is 19.9. The van der Waals surface area contributed by atoms with Crippen LogP contribution < -0.4 is 15.5 Å². The maximum atomic E-state index is 14.6. The maximum absolute atomic E-state index is 14.6. The zero-order chi connectivity index (χ0) is 40.2. The number of likely N-dealkylation sites (tertiary alicyclic amines) is 1. The van der Waals surface area contributed by atoms with Crippen molar-refractivity contribution in [1.82, 2.24) is 20.0 Å². The first-order valence-corrected chi connectivity index (χ1v) is 19.4. The average Bonchev–Trinajstić information content (AvgIpc) is 3.61. The Morgan fingerprint density at radius 3 is 2.25 bits per heavy atom. The van der Waals surface area contributed by atoms with Gasteiger partial charge in [0.1, 0.15) is 36.1 Å². The lowest BCUT2D eigenvalue weighted by atomic mass is 9.79. The SMILES string of the molecule is CN(C(=O)[C@H](CCN1CCOCC1)NC(=O)[C@H](Cc1cccc(OCc2ccccc2)c1)N1CCCC1=O)[C@@H](Cc1cccc(B(O)O)c1)C(=O)OC(C)(C)C. The summed E-state index contributed by atoms with van der Waals surface area (Å²) in [7, 11) is -0.202. The topological polar surface area (TPSA) is 158 Å². The van der Waals surface area contributed by atoms with Crippen LogP contribution in [0.5, 0.6) is 5.75 Å². The molecule has 300 valence electrons. The van der Waals surface area contributed by atoms with Gasteiger partial charge in [0.2, 0.25) is 17.7 Å². The minimum absolute atomic E-state index is 0.0232. The fourth-order valence-corrected chi connectivity index (χ4v) is 6.98. The van der Waals surface area contributed by atoms with Gasteiger partial charge in [0.25, 0.3) is 0 Å². The number of nitrogens with zero attached hydrogens (tertiary/aromatic N) is 3. The number of ether oxygens (including phenoxy) is 3. The van der Waals surface area contributed by atoms with Crippen LogP contribution in [-0.2, 0) is 48.1 Å². The second-order valence-corrected chi connectivity index (χ2v) is 15.5. The van der Waals surface area contributed by atoms with Crippen molar-refractivity contribution in [2.75, 3.05) is 46.4 Å². The molecular formula is C42H55BN4O9. The van der Waals surface area contributed by atoms with Gasteiger partial charge in [-0.1, -0.05) is 66.7 Å². The zero-order valence-electron chi connectivity index (χ0n) is 32.9. The van der Waals surface area contributed by atoms with Crippen LogP contribution in [0.3, 0.4) is 0 Å². The quantitative estimate of drug-likeness (QED) is 0.137. The fraction of sp³-hybridized carbons (Fsp3) is 0.476. The van der Waals surface area contributed by atoms with Gasteiger partial charge in [-0.15, -0.1) is 0 Å². The number of nitrogens with one attached hydrogen (secondary N) is 1. The van der Waals surface area contributed by atoms with Crippen LogP contribution in [0.1, 0.15) is 56.7 Å². The van der Waals surface area contributed by atoms with E-state index in [9.17, 15) is 29.2 Å². The third-order valence-corrected chi connectivity index (χ3v) is 9.99. The Kier molecular flexibility index (Phi) is 15.1. The first-order chi connectivity index (χ1) is 26.8. The van der Waals surface area contributed by atoms with Crippen LogP contribution in [0, 0.1) is 0 Å². The lowest BCUT2D eigenvalue weighted by molar-refractivity contribution is -0.164. The minimum atomic E-state index is -1.71. The molecule has 56 heavy (non-hydrogen) atoms. The molecule has 5 rings (SSSR count). The van der Waals surface area contributed by atoms with Gasteiger partial charge in [-0.05, 0) is 67.9 Å². The number of amides is 3. The normalized spacial score (nSPS) is 16.5. The van der Waals surface area contributed by atoms with Crippen molar-refractivity contribution in [3.8, 4) is 5.75 Å². The Morgan fingerprint density at radius 1 is 0.911 bits per heavy atom. The van der Waals surface area contributed by atoms with Crippen LogP contribution in [0.15, 0.2) is 78.9 Å². The van der Waals surface area contributed by atoms with Gasteiger partial charge >= 0.3 is 13.1 Å². The van der Waals surface area contributed by atoms with Gasteiger partial charge in [0.05, 0.1) is 13.2 Å². The summed E-state index contributed by atoms with van der Waals surface area (Å²) in [5.74, 6) is -1.11. The summed E-state index contributed by atoms with van der Waals surface area (Å²) in [4.78, 5) is 61.1. The predicted molar refractivity (Wildman–Crippen MR) is 212 cm³/mol. The van der Waals surface area contributed by atoms with E-state index < -0.39 is 48.6 Å². The summed E-state index contributed by atoms with van der Waals surface area (Å²) in [5.41, 5.74) is 1.78. The molecule has 2 aliphatic heterocycles. The monoisotopic (exact) mass is 770 g/mol. The van der Waals surface area contributed by atoms with E-state index in [1.165, 1.54) is 11.9 Å². The molecule has 0 unspecified atom stereocenters. The predicted octanol–water partition coefficient (Wildman–Crippen LogP) is 2.10. The number of carbonyl (C=O) groups is 4. The van der Waals surface area contributed by atoms with Gasteiger partial charge in [-0.2, -0.15) is 0 Å². The molecule has 0 saturated carbocycles. The smallest absolute Gasteiger partial charge is 0.488 e. The standard InChI is InChI=1S/C42H55BN4O9/c1-42(2,3)56-41(51)37(28-31-13-8-15-33(25-31)43(52)53)45(4)40(50)35(18-20-46-21-23-54-24-22-46)44-39(49)36(47-19-10-17-38(47)48)27-32-14-9-16-34(26-32)55-29-30-11-6-5-7-12-30/h5-9,11-16,25-26,35-37,52-53H,10,17-24,27-29H2,1-4H3,(H,44,49)/t35-,36-,37-/m0/s1. The highest BCUT2D eigenvalue weighted by Crippen LogP contribution is 2.22. The van der Waals surface area contributed by atoms with E-state index in [0.29, 0.717) is 70.2 Å². The first-order valence-electron chi connectivity index (χ1n) is 19.4. The number of rotatable bonds is 17. The molecule has 3 N–H and O–H groups in total. The van der Waals surface area contributed by atoms with E-state index in [0.717, 1.165) is 11.1 Å². The van der Waals surface area contributed by atoms with Gasteiger partial charge in [0, 0.05) is 52.5 Å². The largest absolute Gasteiger partial charge is 0.489 e. The van der Waals surface area contributed by atoms with Crippen LogP contribution in [0.25, 0.3) is 0 Å². The van der Waals surface area contributed by atoms with Gasteiger partial charge in [-0.25, -0.2) is 4.79 Å². The summed E-state index contributed by atoms with van der Waals surface area (Å²) in [6.07, 6.45) is 1.42. The Balaban J connectivity index is 1.40. The fourth-order valence-electron chi connectivity index (χ4n) is 6.98. The summed E-state index contributed by atoms with van der Waals surface area (Å²) in [6.45, 7) is 8.94. The van der Waals surface area contributed by atoms with Crippen LogP contribution in [-0.4, -0.2) is 126 Å². The van der Waals surface area contributed by atoms with E-state index >= 15 is 0 Å². The number of benzene rings is 3. The van der Waals surface area contributed by atoms with Gasteiger partial charge in [-0.3, -0.25) is 19.3 Å². The molecule has 2 heterocycles. The van der Waals surface area contributed by atoms with E-state index in [1.807, 2.05) is 54.6 Å². The number of hydrogen-bond donors (Lipinski definition) is 3. The molecule has 13 nitrogen and oxygen atoms in total. The van der Waals surface area contributed by atoms with Crippen molar-refractivity contribution in [3.63, 3.8) is 0 Å². The highest BCUT2D eigenvalue weighted by atomic mass is 16.6. The van der Waals surface area contributed by atoms with Crippen molar-refractivity contribution in [3.05, 3.63) is 95.6 Å². The summed E-state index contributed by atoms with van der Waals surface area (Å²) in [6, 6.07) is 20.7. The molecule has 0 aliphatic carbocycles. The molecule has 3 atom stereocenters. The molecule has 0 radical (unpaired) electrons. The molecule has 3 amide bonds. The lowest BCUT2D eigenvalue weighted by Gasteiger charge is -2.35. The first kappa shape index (κ1) is 42.4. The molecule has 2 saturated heterocycles. The van der Waals surface area contributed by atoms with Crippen LogP contribution >= 0.6 is 0 Å². The molecule has 3 aromatic carbocycles. The molecule has 2 fully saturated rings. The molecule has 0 bridgehead atoms. The van der Waals surface area contributed by atoms with Crippen molar-refractivity contribution < 1.29 is 43.4 Å². The maximum Gasteiger partial charge on any atom is 0.488 e. The molecular weight excluding hydrogens is 715 g/mol. The molecule has 0 aromatic heterocycles. The zero-order valence-corrected chi connectivity index (χ0v) is 32.9. The molecule has 2 aliphatic rings. The third-order valence-electron chi connectivity index (χ3n) is 9.99. The number of carbonyl (C=O) groups excluding carboxylic acids is 4. The summed E-state index contributed by atoms with van der Waals surface area (Å²) < 4.78 is 17.4. The highest BCUT2D eigenvalue weighted by molar-refractivity contribution is 6.58. The molecule has 3 aromatic rings. The van der Waals surface area contributed by atoms with E-state index in [4.69, 9.17) is 14.2 Å². The second-order valence-electron chi connectivity index (χ2n) is 15.5. The average molecular weight is 771 g/mol. The minimum Gasteiger partial charge on any atom is -0.489 e. The van der Waals surface area contributed by atoms with E-state index in [-0.39, 0.29) is 30.6 Å². The third kappa shape index (κ3) is 12.4. The van der Waals surface area contributed by atoms with Crippen molar-refractivity contribution in [2.45, 2.75) is 83.2 Å². The van der Waals surface area contributed by atoms with Crippen molar-refractivity contribution in [1.29, 1.82) is 0 Å². The number of hydrogen-bond acceptors (Lipinski definition) is 10. The van der Waals surface area contributed by atoms with Crippen LogP contribution in [0.4, 0.5) is 0 Å². The Bertz CT molecular complexity index is 1780. The van der Waals surface area contributed by atoms with E-state index in [1.54, 1.807) is 49.9 Å². The lowest BCUT2D eigenvalue weighted by Crippen LogP contribution is -2.58. The highest BCUT2D eigenvalue weighted by Gasteiger charge is 2.38. The van der Waals surface area contributed by atoms with Gasteiger partial charge < -0.3 is 39.4 Å². The van der Waals surface area contributed by atoms with Crippen molar-refractivity contribution in [2.24, 2.45) is 0 Å². The summed E-state index contributed by atoms with van der Waals surface area (Å²) >= 11 is 0. The molecule has 14 heteroatoms. The van der Waals surface area contributed by atoms with E-state index in [2.05, 4.69) is 10.2 Å². The Hall–Kier alpha value is -4.76. The summed E-state index contributed by atoms with van der Waals surface area (Å²) in [5, 5.41) is 22.6. The number of esters is 1. The Morgan fingerprint density at radius 2 is 1.59 bits per heavy atom. The van der Waals surface area contributed by atoms with Crippen molar-refractivity contribution >= 4 is 36.3 Å². The molecule has 0 spiro atoms.